The summed E-state index contributed by atoms with van der Waals surface area (Å²) in [6, 6.07) is 0.802. The molecule has 1 aliphatic carbocycles. The number of hydrogen-bond acceptors (Lipinski definition) is 1. The molecule has 0 spiro atoms. The average molecular weight is 204 g/mol. The second kappa shape index (κ2) is 5.87. The number of unbranched alkanes of at least 4 members (excludes halogenated alkanes) is 2. The highest BCUT2D eigenvalue weighted by Crippen LogP contribution is 2.34. The fraction of sp³-hybridized carbons (Fsp3) is 1.00. The monoisotopic (exact) mass is 203 g/mol. The largest absolute Gasteiger partial charge is 0.303 e. The summed E-state index contributed by atoms with van der Waals surface area (Å²) in [4.78, 5) is 2.51. The van der Waals surface area contributed by atoms with Crippen LogP contribution in [0, 0.1) is 5.92 Å². The molecule has 2 heteroatoms. The molecule has 0 saturated heterocycles. The van der Waals surface area contributed by atoms with Crippen LogP contribution in [-0.4, -0.2) is 30.4 Å². The first kappa shape index (κ1) is 11.3. The van der Waals surface area contributed by atoms with Crippen molar-refractivity contribution in [1.29, 1.82) is 0 Å². The molecule has 0 radical (unpaired) electrons. The standard InChI is InChI=1S/C11H22ClN/c1-10(11-6-7-11)13(2)9-5-3-4-8-12/h10-11H,3-9H2,1-2H3. The molecule has 0 bridgehead atoms. The van der Waals surface area contributed by atoms with E-state index >= 15 is 0 Å². The van der Waals surface area contributed by atoms with E-state index in [1.54, 1.807) is 0 Å². The Bertz CT molecular complexity index is 134. The zero-order chi connectivity index (χ0) is 9.68. The minimum atomic E-state index is 0.802. The third-order valence-corrected chi connectivity index (χ3v) is 3.41. The van der Waals surface area contributed by atoms with Crippen molar-refractivity contribution >= 4 is 11.6 Å². The lowest BCUT2D eigenvalue weighted by atomic mass is 10.1. The predicted octanol–water partition coefficient (Wildman–Crippen LogP) is 3.13. The summed E-state index contributed by atoms with van der Waals surface area (Å²) >= 11 is 5.63. The lowest BCUT2D eigenvalue weighted by Crippen LogP contribution is -2.31. The van der Waals surface area contributed by atoms with Crippen LogP contribution in [0.1, 0.15) is 39.0 Å². The summed E-state index contributed by atoms with van der Waals surface area (Å²) in [5.41, 5.74) is 0. The van der Waals surface area contributed by atoms with Crippen molar-refractivity contribution < 1.29 is 0 Å². The van der Waals surface area contributed by atoms with Gasteiger partial charge in [0.25, 0.3) is 0 Å². The Kier molecular flexibility index (Phi) is 5.12. The van der Waals surface area contributed by atoms with Crippen LogP contribution in [0.25, 0.3) is 0 Å². The van der Waals surface area contributed by atoms with Crippen LogP contribution in [0.15, 0.2) is 0 Å². The maximum absolute atomic E-state index is 5.63. The second-order valence-electron chi connectivity index (χ2n) is 4.31. The molecule has 1 unspecified atom stereocenters. The van der Waals surface area contributed by atoms with Gasteiger partial charge in [0, 0.05) is 11.9 Å². The molecule has 0 aromatic heterocycles. The van der Waals surface area contributed by atoms with Gasteiger partial charge in [0.2, 0.25) is 0 Å². The van der Waals surface area contributed by atoms with E-state index < -0.39 is 0 Å². The van der Waals surface area contributed by atoms with E-state index in [0.717, 1.165) is 17.8 Å². The Labute approximate surface area is 87.4 Å². The third-order valence-electron chi connectivity index (χ3n) is 3.14. The summed E-state index contributed by atoms with van der Waals surface area (Å²) in [6.07, 6.45) is 6.67. The summed E-state index contributed by atoms with van der Waals surface area (Å²) < 4.78 is 0. The van der Waals surface area contributed by atoms with Gasteiger partial charge in [0.1, 0.15) is 0 Å². The van der Waals surface area contributed by atoms with Gasteiger partial charge in [-0.05, 0) is 52.1 Å². The number of alkyl halides is 1. The number of nitrogens with zero attached hydrogens (tertiary/aromatic N) is 1. The van der Waals surface area contributed by atoms with Crippen molar-refractivity contribution in [2.24, 2.45) is 5.92 Å². The van der Waals surface area contributed by atoms with Gasteiger partial charge in [-0.2, -0.15) is 0 Å². The van der Waals surface area contributed by atoms with Crippen LogP contribution in [0.4, 0.5) is 0 Å². The molecule has 0 amide bonds. The molecule has 0 aromatic rings. The van der Waals surface area contributed by atoms with Gasteiger partial charge < -0.3 is 4.90 Å². The molecule has 1 nitrogen and oxygen atoms in total. The molecule has 1 saturated carbocycles. The maximum atomic E-state index is 5.63. The van der Waals surface area contributed by atoms with Crippen LogP contribution in [0.5, 0.6) is 0 Å². The maximum Gasteiger partial charge on any atom is 0.0223 e. The van der Waals surface area contributed by atoms with E-state index in [1.807, 2.05) is 0 Å². The summed E-state index contributed by atoms with van der Waals surface area (Å²) in [5.74, 6) is 1.82. The molecule has 1 fully saturated rings. The van der Waals surface area contributed by atoms with Crippen molar-refractivity contribution in [3.8, 4) is 0 Å². The number of rotatable bonds is 7. The molecule has 0 aliphatic heterocycles. The van der Waals surface area contributed by atoms with Crippen molar-refractivity contribution in [3.05, 3.63) is 0 Å². The average Bonchev–Trinajstić information content (AvgIpc) is 2.94. The highest BCUT2D eigenvalue weighted by Gasteiger charge is 2.29. The van der Waals surface area contributed by atoms with E-state index in [0.29, 0.717) is 0 Å². The highest BCUT2D eigenvalue weighted by atomic mass is 35.5. The Morgan fingerprint density at radius 1 is 1.31 bits per heavy atom. The smallest absolute Gasteiger partial charge is 0.0223 e. The van der Waals surface area contributed by atoms with Crippen molar-refractivity contribution in [1.82, 2.24) is 4.90 Å². The second-order valence-corrected chi connectivity index (χ2v) is 4.69. The topological polar surface area (TPSA) is 3.24 Å². The quantitative estimate of drug-likeness (QED) is 0.454. The third kappa shape index (κ3) is 4.33. The van der Waals surface area contributed by atoms with Gasteiger partial charge in [0.15, 0.2) is 0 Å². The molecule has 13 heavy (non-hydrogen) atoms. The molecule has 78 valence electrons. The van der Waals surface area contributed by atoms with E-state index in [9.17, 15) is 0 Å². The Morgan fingerprint density at radius 2 is 2.00 bits per heavy atom. The van der Waals surface area contributed by atoms with Crippen LogP contribution in [0.3, 0.4) is 0 Å². The first-order valence-electron chi connectivity index (χ1n) is 5.52. The predicted molar refractivity (Wildman–Crippen MR) is 59.4 cm³/mol. The van der Waals surface area contributed by atoms with E-state index in [1.165, 1.54) is 38.6 Å². The van der Waals surface area contributed by atoms with Gasteiger partial charge in [-0.25, -0.2) is 0 Å². The summed E-state index contributed by atoms with van der Waals surface area (Å²) in [6.45, 7) is 3.60. The number of halogens is 1. The molecule has 0 N–H and O–H groups in total. The van der Waals surface area contributed by atoms with Gasteiger partial charge in [-0.3, -0.25) is 0 Å². The lowest BCUT2D eigenvalue weighted by molar-refractivity contribution is 0.230. The summed E-state index contributed by atoms with van der Waals surface area (Å²) in [7, 11) is 2.25. The van der Waals surface area contributed by atoms with Gasteiger partial charge in [-0.15, -0.1) is 11.6 Å². The van der Waals surface area contributed by atoms with Gasteiger partial charge >= 0.3 is 0 Å². The molecule has 0 heterocycles. The Balaban J connectivity index is 1.99. The fourth-order valence-corrected chi connectivity index (χ4v) is 1.96. The molecular formula is C11H22ClN. The molecule has 1 rings (SSSR count). The van der Waals surface area contributed by atoms with Crippen LogP contribution in [0.2, 0.25) is 0 Å². The van der Waals surface area contributed by atoms with Gasteiger partial charge in [-0.1, -0.05) is 6.42 Å². The normalized spacial score (nSPS) is 19.4. The zero-order valence-corrected chi connectivity index (χ0v) is 9.69. The molecule has 0 aromatic carbocycles. The molecule has 1 atom stereocenters. The van der Waals surface area contributed by atoms with E-state index in [2.05, 4.69) is 18.9 Å². The van der Waals surface area contributed by atoms with Crippen molar-refractivity contribution in [3.63, 3.8) is 0 Å². The van der Waals surface area contributed by atoms with E-state index in [4.69, 9.17) is 11.6 Å². The molecular weight excluding hydrogens is 182 g/mol. The Hall–Kier alpha value is 0.250. The first-order chi connectivity index (χ1) is 6.25. The van der Waals surface area contributed by atoms with Crippen LogP contribution < -0.4 is 0 Å². The number of hydrogen-bond donors (Lipinski definition) is 0. The minimum Gasteiger partial charge on any atom is -0.303 e. The molecule has 1 aliphatic rings. The zero-order valence-electron chi connectivity index (χ0n) is 8.93. The lowest BCUT2D eigenvalue weighted by Gasteiger charge is -2.24. The van der Waals surface area contributed by atoms with Crippen molar-refractivity contribution in [2.45, 2.75) is 45.1 Å². The summed E-state index contributed by atoms with van der Waals surface area (Å²) in [5, 5.41) is 0. The highest BCUT2D eigenvalue weighted by molar-refractivity contribution is 6.17. The Morgan fingerprint density at radius 3 is 2.54 bits per heavy atom. The van der Waals surface area contributed by atoms with Crippen LogP contribution in [-0.2, 0) is 0 Å². The van der Waals surface area contributed by atoms with Crippen molar-refractivity contribution in [2.75, 3.05) is 19.5 Å². The minimum absolute atomic E-state index is 0.802. The van der Waals surface area contributed by atoms with E-state index in [-0.39, 0.29) is 0 Å². The van der Waals surface area contributed by atoms with Crippen LogP contribution >= 0.6 is 11.6 Å². The SMILES string of the molecule is CC(C1CC1)N(C)CCCCCCl. The fourth-order valence-electron chi connectivity index (χ4n) is 1.77. The first-order valence-corrected chi connectivity index (χ1v) is 6.05. The van der Waals surface area contributed by atoms with Gasteiger partial charge in [0.05, 0.1) is 0 Å².